The molecule has 0 aliphatic rings. The van der Waals surface area contributed by atoms with Gasteiger partial charge >= 0.3 is 0 Å². The molecule has 3 heteroatoms. The fraction of sp³-hybridized carbons (Fsp3) is 0.583. The summed E-state index contributed by atoms with van der Waals surface area (Å²) in [6.45, 7) is 8.23. The van der Waals surface area contributed by atoms with Crippen molar-refractivity contribution < 1.29 is 4.74 Å². The van der Waals surface area contributed by atoms with Crippen molar-refractivity contribution in [1.29, 1.82) is 0 Å². The van der Waals surface area contributed by atoms with Crippen LogP contribution >= 0.6 is 0 Å². The minimum absolute atomic E-state index is 0.0481. The molecule has 1 heterocycles. The zero-order chi connectivity index (χ0) is 11.4. The molecule has 0 aromatic carbocycles. The van der Waals surface area contributed by atoms with Gasteiger partial charge in [0.25, 0.3) is 0 Å². The van der Waals surface area contributed by atoms with Crippen LogP contribution in [0.15, 0.2) is 18.3 Å². The minimum atomic E-state index is -0.0481. The number of aromatic nitrogens is 1. The van der Waals surface area contributed by atoms with Gasteiger partial charge in [-0.05, 0) is 25.8 Å². The monoisotopic (exact) mass is 208 g/mol. The summed E-state index contributed by atoms with van der Waals surface area (Å²) in [7, 11) is 0. The first-order valence-corrected chi connectivity index (χ1v) is 5.39. The van der Waals surface area contributed by atoms with Crippen LogP contribution in [0.3, 0.4) is 0 Å². The Morgan fingerprint density at radius 2 is 1.93 bits per heavy atom. The molecule has 2 N–H and O–H groups in total. The van der Waals surface area contributed by atoms with Crippen LogP contribution in [-0.2, 0) is 0 Å². The number of nitrogens with zero attached hydrogens (tertiary/aromatic N) is 1. The molecule has 2 unspecified atom stereocenters. The van der Waals surface area contributed by atoms with Crippen LogP contribution in [0.4, 0.5) is 0 Å². The molecule has 1 aromatic rings. The first-order chi connectivity index (χ1) is 7.02. The summed E-state index contributed by atoms with van der Waals surface area (Å²) < 4.78 is 5.78. The Labute approximate surface area is 91.7 Å². The Morgan fingerprint density at radius 3 is 2.47 bits per heavy atom. The number of hydrogen-bond acceptors (Lipinski definition) is 3. The van der Waals surface area contributed by atoms with E-state index in [0.29, 0.717) is 11.8 Å². The number of ether oxygens (including phenoxy) is 1. The molecule has 0 spiro atoms. The summed E-state index contributed by atoms with van der Waals surface area (Å²) in [5.74, 6) is 1.13. The van der Waals surface area contributed by atoms with Crippen LogP contribution in [-0.4, -0.2) is 11.1 Å². The molecule has 84 valence electrons. The average molecular weight is 208 g/mol. The van der Waals surface area contributed by atoms with E-state index in [4.69, 9.17) is 10.5 Å². The number of hydrogen-bond donors (Lipinski definition) is 1. The van der Waals surface area contributed by atoms with E-state index in [-0.39, 0.29) is 12.1 Å². The van der Waals surface area contributed by atoms with Gasteiger partial charge in [-0.15, -0.1) is 0 Å². The molecule has 1 rings (SSSR count). The molecule has 15 heavy (non-hydrogen) atoms. The second-order valence-electron chi connectivity index (χ2n) is 4.25. The standard InChI is InChI=1S/C12H20N2O/c1-8(2)10(4)15-12-11(9(3)13)6-5-7-14-12/h5-10H,13H2,1-4H3. The maximum absolute atomic E-state index is 5.85. The quantitative estimate of drug-likeness (QED) is 0.827. The third kappa shape index (κ3) is 3.20. The van der Waals surface area contributed by atoms with Crippen molar-refractivity contribution in [3.05, 3.63) is 23.9 Å². The van der Waals surface area contributed by atoms with Crippen LogP contribution in [0.5, 0.6) is 5.88 Å². The van der Waals surface area contributed by atoms with E-state index in [0.717, 1.165) is 5.56 Å². The summed E-state index contributed by atoms with van der Waals surface area (Å²) in [6.07, 6.45) is 1.88. The second-order valence-corrected chi connectivity index (χ2v) is 4.25. The first kappa shape index (κ1) is 12.0. The van der Waals surface area contributed by atoms with Crippen LogP contribution in [0.1, 0.15) is 39.3 Å². The Balaban J connectivity index is 2.84. The van der Waals surface area contributed by atoms with Crippen molar-refractivity contribution in [3.63, 3.8) is 0 Å². The molecule has 0 amide bonds. The first-order valence-electron chi connectivity index (χ1n) is 5.39. The molecule has 0 aliphatic heterocycles. The molecule has 0 aliphatic carbocycles. The van der Waals surface area contributed by atoms with E-state index >= 15 is 0 Å². The van der Waals surface area contributed by atoms with Gasteiger partial charge in [0.1, 0.15) is 0 Å². The van der Waals surface area contributed by atoms with Gasteiger partial charge in [-0.2, -0.15) is 0 Å². The van der Waals surface area contributed by atoms with Crippen molar-refractivity contribution in [2.75, 3.05) is 0 Å². The smallest absolute Gasteiger partial charge is 0.218 e. The van der Waals surface area contributed by atoms with Crippen LogP contribution in [0, 0.1) is 5.92 Å². The summed E-state index contributed by atoms with van der Waals surface area (Å²) in [5.41, 5.74) is 6.81. The van der Waals surface area contributed by atoms with Crippen molar-refractivity contribution in [1.82, 2.24) is 4.98 Å². The molecule has 0 fully saturated rings. The van der Waals surface area contributed by atoms with Crippen LogP contribution in [0.25, 0.3) is 0 Å². The molecular weight excluding hydrogens is 188 g/mol. The minimum Gasteiger partial charge on any atom is -0.474 e. The van der Waals surface area contributed by atoms with E-state index in [1.165, 1.54) is 0 Å². The van der Waals surface area contributed by atoms with Gasteiger partial charge in [-0.3, -0.25) is 0 Å². The lowest BCUT2D eigenvalue weighted by Gasteiger charge is -2.20. The summed E-state index contributed by atoms with van der Waals surface area (Å²) in [5, 5.41) is 0. The van der Waals surface area contributed by atoms with Gasteiger partial charge in [0.05, 0.1) is 6.10 Å². The van der Waals surface area contributed by atoms with Gasteiger partial charge < -0.3 is 10.5 Å². The van der Waals surface area contributed by atoms with Crippen LogP contribution < -0.4 is 10.5 Å². The van der Waals surface area contributed by atoms with Gasteiger partial charge in [-0.25, -0.2) is 4.98 Å². The molecule has 0 saturated carbocycles. The molecule has 0 radical (unpaired) electrons. The Kier molecular flexibility index (Phi) is 4.09. The lowest BCUT2D eigenvalue weighted by Crippen LogP contribution is -2.21. The molecular formula is C12H20N2O. The SMILES string of the molecule is CC(N)c1cccnc1OC(C)C(C)C. The van der Waals surface area contributed by atoms with Crippen molar-refractivity contribution in [2.24, 2.45) is 11.7 Å². The van der Waals surface area contributed by atoms with E-state index in [9.17, 15) is 0 Å². The highest BCUT2D eigenvalue weighted by molar-refractivity contribution is 5.28. The Bertz CT molecular complexity index is 310. The average Bonchev–Trinajstić information content (AvgIpc) is 2.18. The van der Waals surface area contributed by atoms with Gasteiger partial charge in [-0.1, -0.05) is 19.9 Å². The number of nitrogens with two attached hydrogens (primary N) is 1. The molecule has 3 nitrogen and oxygen atoms in total. The van der Waals surface area contributed by atoms with E-state index in [1.54, 1.807) is 6.20 Å². The molecule has 0 bridgehead atoms. The lowest BCUT2D eigenvalue weighted by molar-refractivity contribution is 0.161. The summed E-state index contributed by atoms with van der Waals surface area (Å²) in [6, 6.07) is 3.79. The normalized spacial score (nSPS) is 15.1. The fourth-order valence-electron chi connectivity index (χ4n) is 1.16. The highest BCUT2D eigenvalue weighted by atomic mass is 16.5. The molecule has 1 aromatic heterocycles. The maximum atomic E-state index is 5.85. The Hall–Kier alpha value is -1.09. The zero-order valence-electron chi connectivity index (χ0n) is 9.90. The fourth-order valence-corrected chi connectivity index (χ4v) is 1.16. The van der Waals surface area contributed by atoms with Gasteiger partial charge in [0.2, 0.25) is 5.88 Å². The topological polar surface area (TPSA) is 48.1 Å². The van der Waals surface area contributed by atoms with E-state index < -0.39 is 0 Å². The van der Waals surface area contributed by atoms with Crippen LogP contribution in [0.2, 0.25) is 0 Å². The van der Waals surface area contributed by atoms with E-state index in [2.05, 4.69) is 18.8 Å². The molecule has 2 atom stereocenters. The lowest BCUT2D eigenvalue weighted by atomic mass is 10.1. The van der Waals surface area contributed by atoms with Crippen molar-refractivity contribution in [2.45, 2.75) is 39.8 Å². The predicted molar refractivity (Wildman–Crippen MR) is 61.8 cm³/mol. The van der Waals surface area contributed by atoms with Gasteiger partial charge in [0, 0.05) is 17.8 Å². The van der Waals surface area contributed by atoms with Gasteiger partial charge in [0.15, 0.2) is 0 Å². The largest absolute Gasteiger partial charge is 0.474 e. The third-order valence-corrected chi connectivity index (χ3v) is 2.53. The molecule has 0 saturated heterocycles. The van der Waals surface area contributed by atoms with Crippen molar-refractivity contribution >= 4 is 0 Å². The van der Waals surface area contributed by atoms with E-state index in [1.807, 2.05) is 26.0 Å². The zero-order valence-corrected chi connectivity index (χ0v) is 9.90. The summed E-state index contributed by atoms with van der Waals surface area (Å²) >= 11 is 0. The number of rotatable bonds is 4. The predicted octanol–water partition coefficient (Wildman–Crippen LogP) is 2.52. The highest BCUT2D eigenvalue weighted by Crippen LogP contribution is 2.22. The summed E-state index contributed by atoms with van der Waals surface area (Å²) in [4.78, 5) is 4.22. The third-order valence-electron chi connectivity index (χ3n) is 2.53. The highest BCUT2D eigenvalue weighted by Gasteiger charge is 2.14. The number of pyridine rings is 1. The second kappa shape index (κ2) is 5.12. The maximum Gasteiger partial charge on any atom is 0.218 e. The Morgan fingerprint density at radius 1 is 1.27 bits per heavy atom. The van der Waals surface area contributed by atoms with Crippen molar-refractivity contribution in [3.8, 4) is 5.88 Å².